The molecule has 1 aromatic rings. The number of primary sulfonamides is 1. The number of sulfonamides is 1. The summed E-state index contributed by atoms with van der Waals surface area (Å²) in [7, 11) is -3.85. The number of nitrogens with zero attached hydrogens (tertiary/aromatic N) is 1. The molecule has 6 nitrogen and oxygen atoms in total. The molecule has 1 aromatic carbocycles. The van der Waals surface area contributed by atoms with E-state index in [-0.39, 0.29) is 20.6 Å². The number of halogens is 1. The van der Waals surface area contributed by atoms with Gasteiger partial charge >= 0.3 is 0 Å². The molecule has 0 radical (unpaired) electrons. The minimum atomic E-state index is -3.85. The van der Waals surface area contributed by atoms with Crippen LogP contribution in [0.4, 0.5) is 5.69 Å². The molecule has 8 heteroatoms. The van der Waals surface area contributed by atoms with Crippen LogP contribution in [-0.2, 0) is 10.0 Å². The van der Waals surface area contributed by atoms with E-state index in [2.05, 4.69) is 15.9 Å². The van der Waals surface area contributed by atoms with E-state index in [1.807, 2.05) is 0 Å². The predicted octanol–water partition coefficient (Wildman–Crippen LogP) is 1.31. The van der Waals surface area contributed by atoms with Crippen LogP contribution in [-0.4, -0.2) is 13.3 Å². The number of benzene rings is 1. The highest BCUT2D eigenvalue weighted by molar-refractivity contribution is 9.10. The molecule has 0 unspecified atom stereocenters. The fourth-order valence-electron chi connectivity index (χ4n) is 1.10. The van der Waals surface area contributed by atoms with Gasteiger partial charge in [0.1, 0.15) is 0 Å². The summed E-state index contributed by atoms with van der Waals surface area (Å²) in [4.78, 5) is 9.80. The molecule has 2 N–H and O–H groups in total. The highest BCUT2D eigenvalue weighted by Gasteiger charge is 2.20. The zero-order valence-electron chi connectivity index (χ0n) is 7.60. The summed E-state index contributed by atoms with van der Waals surface area (Å²) in [6, 6.07) is 2.21. The summed E-state index contributed by atoms with van der Waals surface area (Å²) >= 11 is 2.96. The van der Waals surface area contributed by atoms with Crippen molar-refractivity contribution < 1.29 is 13.3 Å². The van der Waals surface area contributed by atoms with Gasteiger partial charge in [-0.25, -0.2) is 13.6 Å². The molecule has 0 saturated carbocycles. The third-order valence-corrected chi connectivity index (χ3v) is 3.88. The summed E-state index contributed by atoms with van der Waals surface area (Å²) in [5.41, 5.74) is 0.0339. The standard InChI is InChI=1S/C7H7BrN2O4S/c1-4-6(15(9,13)14)3-2-5(7(4)8)10(11)12/h2-3H,1H3,(H2,9,13,14). The van der Waals surface area contributed by atoms with E-state index in [1.54, 1.807) is 0 Å². The second kappa shape index (κ2) is 3.87. The summed E-state index contributed by atoms with van der Waals surface area (Å²) < 4.78 is 22.3. The van der Waals surface area contributed by atoms with Gasteiger partial charge in [0.05, 0.1) is 14.3 Å². The molecule has 0 amide bonds. The predicted molar refractivity (Wildman–Crippen MR) is 56.9 cm³/mol. The fraction of sp³-hybridized carbons (Fsp3) is 0.143. The van der Waals surface area contributed by atoms with E-state index in [9.17, 15) is 18.5 Å². The summed E-state index contributed by atoms with van der Waals surface area (Å²) in [6.07, 6.45) is 0. The van der Waals surface area contributed by atoms with Gasteiger partial charge < -0.3 is 0 Å². The van der Waals surface area contributed by atoms with E-state index >= 15 is 0 Å². The van der Waals surface area contributed by atoms with Crippen molar-refractivity contribution in [3.63, 3.8) is 0 Å². The Balaban J connectivity index is 3.55. The number of nitrogens with two attached hydrogens (primary N) is 1. The third-order valence-electron chi connectivity index (χ3n) is 1.82. The Morgan fingerprint density at radius 3 is 2.40 bits per heavy atom. The normalized spacial score (nSPS) is 11.4. The van der Waals surface area contributed by atoms with Crippen LogP contribution in [0.2, 0.25) is 0 Å². The minimum Gasteiger partial charge on any atom is -0.258 e. The second-order valence-corrected chi connectivity index (χ2v) is 5.15. The van der Waals surface area contributed by atoms with Crippen molar-refractivity contribution in [2.45, 2.75) is 11.8 Å². The zero-order chi connectivity index (χ0) is 11.8. The number of nitro groups is 1. The van der Waals surface area contributed by atoms with Crippen molar-refractivity contribution >= 4 is 31.6 Å². The van der Waals surface area contributed by atoms with Gasteiger partial charge in [0.2, 0.25) is 10.0 Å². The highest BCUT2D eigenvalue weighted by atomic mass is 79.9. The van der Waals surface area contributed by atoms with Gasteiger partial charge in [-0.1, -0.05) is 0 Å². The van der Waals surface area contributed by atoms with Gasteiger partial charge in [0.25, 0.3) is 5.69 Å². The van der Waals surface area contributed by atoms with Crippen LogP contribution in [0, 0.1) is 17.0 Å². The molecular formula is C7H7BrN2O4S. The molecule has 0 bridgehead atoms. The van der Waals surface area contributed by atoms with E-state index in [4.69, 9.17) is 5.14 Å². The molecule has 0 aromatic heterocycles. The summed E-state index contributed by atoms with van der Waals surface area (Å²) in [6.45, 7) is 1.44. The van der Waals surface area contributed by atoms with E-state index in [0.717, 1.165) is 12.1 Å². The molecule has 0 aliphatic carbocycles. The SMILES string of the molecule is Cc1c(S(N)(=O)=O)ccc([N+](=O)[O-])c1Br. The molecular weight excluding hydrogens is 288 g/mol. The first-order valence-corrected chi connectivity index (χ1v) is 6.05. The highest BCUT2D eigenvalue weighted by Crippen LogP contribution is 2.31. The van der Waals surface area contributed by atoms with Crippen LogP contribution in [0.5, 0.6) is 0 Å². The number of hydrogen-bond acceptors (Lipinski definition) is 4. The lowest BCUT2D eigenvalue weighted by Crippen LogP contribution is -2.14. The molecule has 0 atom stereocenters. The minimum absolute atomic E-state index is 0.124. The van der Waals surface area contributed by atoms with Crippen LogP contribution in [0.1, 0.15) is 5.56 Å². The molecule has 0 spiro atoms. The van der Waals surface area contributed by atoms with Gasteiger partial charge in [-0.05, 0) is 34.5 Å². The maximum atomic E-state index is 11.1. The molecule has 0 fully saturated rings. The Labute approximate surface area is 94.4 Å². The Morgan fingerprint density at radius 2 is 2.00 bits per heavy atom. The number of nitro benzene ring substituents is 1. The Bertz CT molecular complexity index is 526. The van der Waals surface area contributed by atoms with Crippen LogP contribution in [0.25, 0.3) is 0 Å². The molecule has 0 heterocycles. The topological polar surface area (TPSA) is 103 Å². The third kappa shape index (κ3) is 2.33. The van der Waals surface area contributed by atoms with Crippen molar-refractivity contribution in [2.75, 3.05) is 0 Å². The lowest BCUT2D eigenvalue weighted by atomic mass is 10.2. The van der Waals surface area contributed by atoms with E-state index in [0.29, 0.717) is 0 Å². The Morgan fingerprint density at radius 1 is 1.47 bits per heavy atom. The van der Waals surface area contributed by atoms with Crippen molar-refractivity contribution in [1.82, 2.24) is 0 Å². The van der Waals surface area contributed by atoms with Crippen molar-refractivity contribution in [2.24, 2.45) is 5.14 Å². The van der Waals surface area contributed by atoms with E-state index < -0.39 is 14.9 Å². The van der Waals surface area contributed by atoms with Gasteiger partial charge in [-0.15, -0.1) is 0 Å². The first-order valence-electron chi connectivity index (χ1n) is 3.71. The van der Waals surface area contributed by atoms with Crippen LogP contribution >= 0.6 is 15.9 Å². The molecule has 0 saturated heterocycles. The average molecular weight is 295 g/mol. The number of rotatable bonds is 2. The lowest BCUT2D eigenvalue weighted by molar-refractivity contribution is -0.385. The largest absolute Gasteiger partial charge is 0.283 e. The van der Waals surface area contributed by atoms with Gasteiger partial charge in [0, 0.05) is 6.07 Å². The van der Waals surface area contributed by atoms with Crippen LogP contribution in [0.15, 0.2) is 21.5 Å². The van der Waals surface area contributed by atoms with Gasteiger partial charge in [-0.3, -0.25) is 10.1 Å². The smallest absolute Gasteiger partial charge is 0.258 e. The Hall–Kier alpha value is -0.990. The first kappa shape index (κ1) is 12.1. The molecule has 0 aliphatic heterocycles. The molecule has 1 rings (SSSR count). The summed E-state index contributed by atoms with van der Waals surface area (Å²) in [5, 5.41) is 15.5. The summed E-state index contributed by atoms with van der Waals surface area (Å²) in [5.74, 6) is 0. The van der Waals surface area contributed by atoms with E-state index in [1.165, 1.54) is 6.92 Å². The van der Waals surface area contributed by atoms with Crippen molar-refractivity contribution in [3.8, 4) is 0 Å². The Kier molecular flexibility index (Phi) is 3.12. The monoisotopic (exact) mass is 294 g/mol. The van der Waals surface area contributed by atoms with Crippen molar-refractivity contribution in [3.05, 3.63) is 32.3 Å². The molecule has 0 aliphatic rings. The first-order chi connectivity index (χ1) is 6.75. The zero-order valence-corrected chi connectivity index (χ0v) is 10.0. The van der Waals surface area contributed by atoms with Crippen LogP contribution in [0.3, 0.4) is 0 Å². The number of hydrogen-bond donors (Lipinski definition) is 1. The van der Waals surface area contributed by atoms with Gasteiger partial charge in [0.15, 0.2) is 0 Å². The molecule has 82 valence electrons. The van der Waals surface area contributed by atoms with Crippen molar-refractivity contribution in [1.29, 1.82) is 0 Å². The maximum absolute atomic E-state index is 11.1. The molecule has 15 heavy (non-hydrogen) atoms. The second-order valence-electron chi connectivity index (χ2n) is 2.82. The maximum Gasteiger partial charge on any atom is 0.283 e. The average Bonchev–Trinajstić information content (AvgIpc) is 2.06. The van der Waals surface area contributed by atoms with Crippen LogP contribution < -0.4 is 5.14 Å². The quantitative estimate of drug-likeness (QED) is 0.656. The lowest BCUT2D eigenvalue weighted by Gasteiger charge is -2.05. The fourth-order valence-corrected chi connectivity index (χ4v) is 2.51. The van der Waals surface area contributed by atoms with Gasteiger partial charge in [-0.2, -0.15) is 0 Å².